The van der Waals surface area contributed by atoms with Gasteiger partial charge in [-0.1, -0.05) is 18.2 Å². The highest BCUT2D eigenvalue weighted by molar-refractivity contribution is 14.1. The first-order valence-electron chi connectivity index (χ1n) is 5.58. The van der Waals surface area contributed by atoms with Gasteiger partial charge in [0.2, 0.25) is 0 Å². The molecule has 96 valence electrons. The van der Waals surface area contributed by atoms with E-state index in [0.29, 0.717) is 0 Å². The van der Waals surface area contributed by atoms with Crippen molar-refractivity contribution < 1.29 is 0 Å². The Bertz CT molecular complexity index is 394. The minimum absolute atomic E-state index is 0.918. The van der Waals surface area contributed by atoms with Crippen molar-refractivity contribution in [2.75, 3.05) is 0 Å². The molecule has 0 aliphatic carbocycles. The first-order chi connectivity index (χ1) is 8.58. The summed E-state index contributed by atoms with van der Waals surface area (Å²) < 4.78 is 4.07. The van der Waals surface area contributed by atoms with E-state index in [1.165, 1.54) is 27.4 Å². The summed E-state index contributed by atoms with van der Waals surface area (Å²) in [7, 11) is 0. The van der Waals surface area contributed by atoms with Gasteiger partial charge in [-0.25, -0.2) is 0 Å². The van der Waals surface area contributed by atoms with Crippen LogP contribution in [0.2, 0.25) is 0 Å². The fourth-order valence-electron chi connectivity index (χ4n) is 1.81. The van der Waals surface area contributed by atoms with E-state index in [-0.39, 0.29) is 0 Å². The lowest BCUT2D eigenvalue weighted by atomic mass is 10.00. The Balaban J connectivity index is 3.56. The first-order valence-corrected chi connectivity index (χ1v) is 8.81. The van der Waals surface area contributed by atoms with Gasteiger partial charge in [-0.2, -0.15) is 0 Å². The van der Waals surface area contributed by atoms with Gasteiger partial charge >= 0.3 is 0 Å². The molecule has 0 saturated heterocycles. The highest BCUT2D eigenvalue weighted by atomic mass is 127. The molecule has 0 N–H and O–H groups in total. The molecule has 0 bridgehead atoms. The van der Waals surface area contributed by atoms with Crippen molar-refractivity contribution in [3.05, 3.63) is 65.4 Å². The minimum Gasteiger partial charge on any atom is -0.103 e. The SMILES string of the molecule is C=CCc1c(I)c(CC=C)c(I)c(CC=C)c1I. The fourth-order valence-corrected chi connectivity index (χ4v) is 6.29. The van der Waals surface area contributed by atoms with E-state index in [4.69, 9.17) is 0 Å². The molecule has 0 radical (unpaired) electrons. The molecule has 3 heteroatoms. The summed E-state index contributed by atoms with van der Waals surface area (Å²) in [5.74, 6) is 0. The first kappa shape index (κ1) is 16.7. The third-order valence-corrected chi connectivity index (χ3v) is 6.54. The van der Waals surface area contributed by atoms with Crippen molar-refractivity contribution in [3.8, 4) is 0 Å². The van der Waals surface area contributed by atoms with Gasteiger partial charge in [0.1, 0.15) is 0 Å². The molecule has 1 aromatic carbocycles. The molecule has 0 spiro atoms. The molecule has 0 amide bonds. The summed E-state index contributed by atoms with van der Waals surface area (Å²) in [4.78, 5) is 0. The molecule has 0 fully saturated rings. The molecule has 0 nitrogen and oxygen atoms in total. The van der Waals surface area contributed by atoms with Crippen LogP contribution < -0.4 is 0 Å². The molecule has 0 heterocycles. The Kier molecular flexibility index (Phi) is 7.45. The fraction of sp³-hybridized carbons (Fsp3) is 0.200. The topological polar surface area (TPSA) is 0 Å². The zero-order valence-corrected chi connectivity index (χ0v) is 16.6. The van der Waals surface area contributed by atoms with E-state index in [0.717, 1.165) is 19.3 Å². The van der Waals surface area contributed by atoms with Gasteiger partial charge in [0.15, 0.2) is 0 Å². The van der Waals surface area contributed by atoms with Crippen LogP contribution in [0.3, 0.4) is 0 Å². The molecular formula is C15H15I3. The van der Waals surface area contributed by atoms with E-state index in [2.05, 4.69) is 87.5 Å². The second-order valence-corrected chi connectivity index (χ2v) is 7.09. The maximum Gasteiger partial charge on any atom is 0.0222 e. The molecule has 18 heavy (non-hydrogen) atoms. The van der Waals surface area contributed by atoms with Gasteiger partial charge in [0.05, 0.1) is 0 Å². The number of benzene rings is 1. The Morgan fingerprint density at radius 1 is 0.611 bits per heavy atom. The Labute approximate surface area is 150 Å². The third kappa shape index (κ3) is 3.59. The smallest absolute Gasteiger partial charge is 0.0222 e. The molecule has 0 atom stereocenters. The summed E-state index contributed by atoms with van der Waals surface area (Å²) >= 11 is 7.36. The zero-order valence-electron chi connectivity index (χ0n) is 10.1. The summed E-state index contributed by atoms with van der Waals surface area (Å²) in [6, 6.07) is 0. The third-order valence-electron chi connectivity index (χ3n) is 2.64. The average Bonchev–Trinajstić information content (AvgIpc) is 2.35. The lowest BCUT2D eigenvalue weighted by Gasteiger charge is -2.17. The molecule has 0 aromatic heterocycles. The van der Waals surface area contributed by atoms with Gasteiger partial charge in [-0.15, -0.1) is 19.7 Å². The molecule has 0 aliphatic rings. The Morgan fingerprint density at radius 2 is 0.833 bits per heavy atom. The minimum atomic E-state index is 0.918. The second-order valence-electron chi connectivity index (χ2n) is 3.86. The summed E-state index contributed by atoms with van der Waals surface area (Å²) in [6.07, 6.45) is 8.68. The predicted molar refractivity (Wildman–Crippen MR) is 106 cm³/mol. The number of hydrogen-bond donors (Lipinski definition) is 0. The molecule has 0 saturated carbocycles. The van der Waals surface area contributed by atoms with Crippen LogP contribution in [-0.2, 0) is 19.3 Å². The van der Waals surface area contributed by atoms with Crippen molar-refractivity contribution in [2.24, 2.45) is 0 Å². The number of hydrogen-bond acceptors (Lipinski definition) is 0. The summed E-state index contributed by atoms with van der Waals surface area (Å²) in [5.41, 5.74) is 4.17. The van der Waals surface area contributed by atoms with Gasteiger partial charge in [-0.05, 0) is 104 Å². The highest BCUT2D eigenvalue weighted by Crippen LogP contribution is 2.33. The molecule has 0 aliphatic heterocycles. The highest BCUT2D eigenvalue weighted by Gasteiger charge is 2.17. The van der Waals surface area contributed by atoms with Crippen LogP contribution in [0.15, 0.2) is 38.0 Å². The average molecular weight is 576 g/mol. The van der Waals surface area contributed by atoms with Crippen LogP contribution in [-0.4, -0.2) is 0 Å². The molecule has 0 unspecified atom stereocenters. The van der Waals surface area contributed by atoms with E-state index in [9.17, 15) is 0 Å². The van der Waals surface area contributed by atoms with Gasteiger partial charge in [0, 0.05) is 10.7 Å². The Hall–Kier alpha value is 0.630. The molecular weight excluding hydrogens is 561 g/mol. The largest absolute Gasteiger partial charge is 0.103 e. The van der Waals surface area contributed by atoms with Crippen LogP contribution in [0.4, 0.5) is 0 Å². The van der Waals surface area contributed by atoms with Gasteiger partial charge in [0.25, 0.3) is 0 Å². The Morgan fingerprint density at radius 3 is 1.00 bits per heavy atom. The van der Waals surface area contributed by atoms with Crippen molar-refractivity contribution in [1.29, 1.82) is 0 Å². The van der Waals surface area contributed by atoms with E-state index < -0.39 is 0 Å². The zero-order chi connectivity index (χ0) is 13.7. The monoisotopic (exact) mass is 576 g/mol. The van der Waals surface area contributed by atoms with Crippen LogP contribution in [0, 0.1) is 10.7 Å². The lowest BCUT2D eigenvalue weighted by Crippen LogP contribution is -2.07. The standard InChI is InChI=1S/C15H15I3/c1-4-7-10-13(16)11(8-5-2)15(18)12(9-6-3)14(10)17/h4-6H,1-3,7-9H2. The molecule has 1 aromatic rings. The van der Waals surface area contributed by atoms with Crippen molar-refractivity contribution in [1.82, 2.24) is 0 Å². The number of halogens is 3. The normalized spacial score (nSPS) is 10.2. The second kappa shape index (κ2) is 8.04. The predicted octanol–water partition coefficient (Wildman–Crippen LogP) is 5.69. The quantitative estimate of drug-likeness (QED) is 0.302. The van der Waals surface area contributed by atoms with Gasteiger partial charge < -0.3 is 0 Å². The van der Waals surface area contributed by atoms with Gasteiger partial charge in [-0.3, -0.25) is 0 Å². The van der Waals surface area contributed by atoms with E-state index in [1.807, 2.05) is 18.2 Å². The number of rotatable bonds is 6. The van der Waals surface area contributed by atoms with Crippen molar-refractivity contribution >= 4 is 67.8 Å². The lowest BCUT2D eigenvalue weighted by molar-refractivity contribution is 1.09. The molecule has 1 rings (SSSR count). The van der Waals surface area contributed by atoms with Crippen LogP contribution in [0.1, 0.15) is 16.7 Å². The van der Waals surface area contributed by atoms with Crippen molar-refractivity contribution in [3.63, 3.8) is 0 Å². The maximum absolute atomic E-state index is 3.86. The summed E-state index contributed by atoms with van der Waals surface area (Å²) in [5, 5.41) is 0. The maximum atomic E-state index is 3.86. The van der Waals surface area contributed by atoms with Crippen molar-refractivity contribution in [2.45, 2.75) is 19.3 Å². The summed E-state index contributed by atoms with van der Waals surface area (Å²) in [6.45, 7) is 11.6. The van der Waals surface area contributed by atoms with Crippen LogP contribution >= 0.6 is 67.8 Å². The van der Waals surface area contributed by atoms with E-state index in [1.54, 1.807) is 0 Å². The van der Waals surface area contributed by atoms with E-state index >= 15 is 0 Å². The number of allylic oxidation sites excluding steroid dienone is 3. The van der Waals surface area contributed by atoms with Crippen LogP contribution in [0.5, 0.6) is 0 Å². The van der Waals surface area contributed by atoms with Crippen LogP contribution in [0.25, 0.3) is 0 Å².